The molecule has 1 aliphatic heterocycles. The van der Waals surface area contributed by atoms with E-state index in [-0.39, 0.29) is 17.6 Å². The SMILES string of the molecule is Cc1ccc(C=CC(=O)N2CCC(C(=O)c3ccccc3)CC2)cc1Cl. The van der Waals surface area contributed by atoms with Crippen LogP contribution >= 0.6 is 11.6 Å². The van der Waals surface area contributed by atoms with Gasteiger partial charge in [-0.05, 0) is 43.0 Å². The lowest BCUT2D eigenvalue weighted by atomic mass is 9.89. The first-order valence-corrected chi connectivity index (χ1v) is 9.25. The summed E-state index contributed by atoms with van der Waals surface area (Å²) >= 11 is 6.11. The Kier molecular flexibility index (Phi) is 5.89. The van der Waals surface area contributed by atoms with Crippen LogP contribution in [-0.2, 0) is 4.79 Å². The molecule has 3 rings (SSSR count). The van der Waals surface area contributed by atoms with Crippen LogP contribution in [0.1, 0.15) is 34.3 Å². The molecule has 2 aromatic carbocycles. The number of carbonyl (C=O) groups excluding carboxylic acids is 2. The maximum Gasteiger partial charge on any atom is 0.246 e. The van der Waals surface area contributed by atoms with E-state index in [1.165, 1.54) is 0 Å². The Bertz CT molecular complexity index is 821. The van der Waals surface area contributed by atoms with Gasteiger partial charge in [-0.25, -0.2) is 0 Å². The van der Waals surface area contributed by atoms with E-state index in [2.05, 4.69) is 0 Å². The minimum absolute atomic E-state index is 0.00124. The number of likely N-dealkylation sites (tertiary alicyclic amines) is 1. The van der Waals surface area contributed by atoms with Crippen LogP contribution in [-0.4, -0.2) is 29.7 Å². The maximum absolute atomic E-state index is 12.5. The Morgan fingerprint density at radius 1 is 1.08 bits per heavy atom. The van der Waals surface area contributed by atoms with Crippen LogP contribution in [0.15, 0.2) is 54.6 Å². The lowest BCUT2D eigenvalue weighted by Crippen LogP contribution is -2.39. The van der Waals surface area contributed by atoms with Crippen LogP contribution < -0.4 is 0 Å². The van der Waals surface area contributed by atoms with Crippen LogP contribution in [0.25, 0.3) is 6.08 Å². The molecule has 2 aromatic rings. The second kappa shape index (κ2) is 8.33. The number of hydrogen-bond acceptors (Lipinski definition) is 2. The number of hydrogen-bond donors (Lipinski definition) is 0. The number of ketones is 1. The van der Waals surface area contributed by atoms with Gasteiger partial charge < -0.3 is 4.90 Å². The Hall–Kier alpha value is -2.39. The summed E-state index contributed by atoms with van der Waals surface area (Å²) < 4.78 is 0. The summed E-state index contributed by atoms with van der Waals surface area (Å²) in [6.45, 7) is 3.17. The number of Topliss-reactive ketones (excluding diaryl/α,β-unsaturated/α-hetero) is 1. The van der Waals surface area contributed by atoms with Crippen molar-refractivity contribution in [2.75, 3.05) is 13.1 Å². The molecule has 0 radical (unpaired) electrons. The number of amides is 1. The predicted octanol–water partition coefficient (Wildman–Crippen LogP) is 4.78. The first-order valence-electron chi connectivity index (χ1n) is 8.87. The summed E-state index contributed by atoms with van der Waals surface area (Å²) in [5.74, 6) is 0.163. The van der Waals surface area contributed by atoms with Crippen molar-refractivity contribution in [2.24, 2.45) is 5.92 Å². The molecular formula is C22H22ClNO2. The third-order valence-electron chi connectivity index (χ3n) is 4.85. The Labute approximate surface area is 159 Å². The molecule has 0 unspecified atom stereocenters. The Balaban J connectivity index is 1.55. The zero-order valence-electron chi connectivity index (χ0n) is 14.8. The summed E-state index contributed by atoms with van der Waals surface area (Å²) in [6.07, 6.45) is 4.79. The molecule has 1 fully saturated rings. The van der Waals surface area contributed by atoms with E-state index in [4.69, 9.17) is 11.6 Å². The minimum Gasteiger partial charge on any atom is -0.339 e. The van der Waals surface area contributed by atoms with E-state index in [0.29, 0.717) is 31.0 Å². The number of aryl methyl sites for hydroxylation is 1. The van der Waals surface area contributed by atoms with Gasteiger partial charge in [0.1, 0.15) is 0 Å². The smallest absolute Gasteiger partial charge is 0.246 e. The molecule has 134 valence electrons. The maximum atomic E-state index is 12.5. The van der Waals surface area contributed by atoms with Crippen molar-refractivity contribution < 1.29 is 9.59 Å². The molecule has 4 heteroatoms. The zero-order valence-corrected chi connectivity index (χ0v) is 15.6. The first kappa shape index (κ1) is 18.4. The van der Waals surface area contributed by atoms with Gasteiger partial charge in [0.05, 0.1) is 0 Å². The van der Waals surface area contributed by atoms with Gasteiger partial charge in [0, 0.05) is 35.7 Å². The van der Waals surface area contributed by atoms with Crippen molar-refractivity contribution >= 4 is 29.4 Å². The number of piperidine rings is 1. The van der Waals surface area contributed by atoms with E-state index in [9.17, 15) is 9.59 Å². The van der Waals surface area contributed by atoms with Gasteiger partial charge in [0.2, 0.25) is 5.91 Å². The highest BCUT2D eigenvalue weighted by Crippen LogP contribution is 2.22. The molecular weight excluding hydrogens is 346 g/mol. The third kappa shape index (κ3) is 4.41. The molecule has 0 N–H and O–H groups in total. The molecule has 1 heterocycles. The van der Waals surface area contributed by atoms with Crippen LogP contribution in [0.2, 0.25) is 5.02 Å². The topological polar surface area (TPSA) is 37.4 Å². The number of nitrogens with zero attached hydrogens (tertiary/aromatic N) is 1. The third-order valence-corrected chi connectivity index (χ3v) is 5.26. The van der Waals surface area contributed by atoms with Gasteiger partial charge in [-0.1, -0.05) is 54.1 Å². The van der Waals surface area contributed by atoms with Crippen molar-refractivity contribution in [2.45, 2.75) is 19.8 Å². The highest BCUT2D eigenvalue weighted by Gasteiger charge is 2.27. The minimum atomic E-state index is -0.0210. The molecule has 0 saturated carbocycles. The van der Waals surface area contributed by atoms with Gasteiger partial charge in [-0.2, -0.15) is 0 Å². The fourth-order valence-electron chi connectivity index (χ4n) is 3.19. The van der Waals surface area contributed by atoms with Gasteiger partial charge in [-0.3, -0.25) is 9.59 Å². The zero-order chi connectivity index (χ0) is 18.5. The molecule has 26 heavy (non-hydrogen) atoms. The van der Waals surface area contributed by atoms with Gasteiger partial charge >= 0.3 is 0 Å². The second-order valence-corrected chi connectivity index (χ2v) is 7.08. The monoisotopic (exact) mass is 367 g/mol. The molecule has 1 saturated heterocycles. The fraction of sp³-hybridized carbons (Fsp3) is 0.273. The molecule has 0 atom stereocenters. The van der Waals surface area contributed by atoms with Crippen LogP contribution in [0, 0.1) is 12.8 Å². The first-order chi connectivity index (χ1) is 12.5. The summed E-state index contributed by atoms with van der Waals surface area (Å²) in [5.41, 5.74) is 2.68. The van der Waals surface area contributed by atoms with Crippen molar-refractivity contribution in [3.05, 3.63) is 76.3 Å². The van der Waals surface area contributed by atoms with Crippen LogP contribution in [0.5, 0.6) is 0 Å². The standard InChI is InChI=1S/C22H22ClNO2/c1-16-7-8-17(15-20(16)23)9-10-21(25)24-13-11-19(12-14-24)22(26)18-5-3-2-4-6-18/h2-10,15,19H,11-14H2,1H3. The van der Waals surface area contributed by atoms with E-state index in [1.54, 1.807) is 17.1 Å². The lowest BCUT2D eigenvalue weighted by Gasteiger charge is -2.30. The molecule has 3 nitrogen and oxygen atoms in total. The number of carbonyl (C=O) groups is 2. The fourth-order valence-corrected chi connectivity index (χ4v) is 3.37. The summed E-state index contributed by atoms with van der Waals surface area (Å²) in [7, 11) is 0. The van der Waals surface area contributed by atoms with Crippen LogP contribution in [0.4, 0.5) is 0 Å². The number of benzene rings is 2. The van der Waals surface area contributed by atoms with E-state index in [0.717, 1.165) is 16.7 Å². The molecule has 1 aliphatic rings. The van der Waals surface area contributed by atoms with Gasteiger partial charge in [0.25, 0.3) is 0 Å². The van der Waals surface area contributed by atoms with Crippen molar-refractivity contribution in [1.29, 1.82) is 0 Å². The summed E-state index contributed by atoms with van der Waals surface area (Å²) in [6, 6.07) is 15.1. The highest BCUT2D eigenvalue weighted by molar-refractivity contribution is 6.31. The van der Waals surface area contributed by atoms with Gasteiger partial charge in [0.15, 0.2) is 5.78 Å². The Morgan fingerprint density at radius 3 is 2.42 bits per heavy atom. The summed E-state index contributed by atoms with van der Waals surface area (Å²) in [5, 5.41) is 0.694. The molecule has 0 bridgehead atoms. The molecule has 0 aromatic heterocycles. The highest BCUT2D eigenvalue weighted by atomic mass is 35.5. The summed E-state index contributed by atoms with van der Waals surface area (Å²) in [4.78, 5) is 26.7. The van der Waals surface area contributed by atoms with Crippen molar-refractivity contribution in [3.8, 4) is 0 Å². The largest absolute Gasteiger partial charge is 0.339 e. The van der Waals surface area contributed by atoms with Crippen molar-refractivity contribution in [1.82, 2.24) is 4.90 Å². The van der Waals surface area contributed by atoms with E-state index in [1.807, 2.05) is 55.5 Å². The lowest BCUT2D eigenvalue weighted by molar-refractivity contribution is -0.127. The van der Waals surface area contributed by atoms with Gasteiger partial charge in [-0.15, -0.1) is 0 Å². The number of rotatable bonds is 4. The Morgan fingerprint density at radius 2 is 1.77 bits per heavy atom. The van der Waals surface area contributed by atoms with E-state index >= 15 is 0 Å². The number of halogens is 1. The normalized spacial score (nSPS) is 15.4. The molecule has 1 amide bonds. The predicted molar refractivity (Wildman–Crippen MR) is 105 cm³/mol. The van der Waals surface area contributed by atoms with Crippen molar-refractivity contribution in [3.63, 3.8) is 0 Å². The second-order valence-electron chi connectivity index (χ2n) is 6.67. The quantitative estimate of drug-likeness (QED) is 0.576. The average Bonchev–Trinajstić information content (AvgIpc) is 2.69. The molecule has 0 aliphatic carbocycles. The van der Waals surface area contributed by atoms with Crippen LogP contribution in [0.3, 0.4) is 0 Å². The average molecular weight is 368 g/mol. The van der Waals surface area contributed by atoms with E-state index < -0.39 is 0 Å². The molecule has 0 spiro atoms.